The minimum Gasteiger partial charge on any atom is -0.476 e. The average Bonchev–Trinajstić information content (AvgIpc) is 2.83. The molecule has 20 heavy (non-hydrogen) atoms. The summed E-state index contributed by atoms with van der Waals surface area (Å²) in [5.74, 6) is -1.05. The highest BCUT2D eigenvalue weighted by Gasteiger charge is 2.29. The van der Waals surface area contributed by atoms with Crippen molar-refractivity contribution in [1.29, 1.82) is 0 Å². The van der Waals surface area contributed by atoms with E-state index in [9.17, 15) is 9.90 Å². The lowest BCUT2D eigenvalue weighted by Crippen LogP contribution is -2.21. The van der Waals surface area contributed by atoms with Gasteiger partial charge in [-0.15, -0.1) is 5.10 Å². The van der Waals surface area contributed by atoms with E-state index in [4.69, 9.17) is 0 Å². The van der Waals surface area contributed by atoms with Crippen LogP contribution >= 0.6 is 0 Å². The highest BCUT2D eigenvalue weighted by Crippen LogP contribution is 2.27. The Morgan fingerprint density at radius 1 is 1.25 bits per heavy atom. The predicted octanol–water partition coefficient (Wildman–Crippen LogP) is 2.83. The third kappa shape index (κ3) is 2.57. The van der Waals surface area contributed by atoms with Gasteiger partial charge < -0.3 is 5.11 Å². The lowest BCUT2D eigenvalue weighted by molar-refractivity contribution is 0.0687. The molecule has 5 heteroatoms. The normalized spacial score (nSPS) is 11.6. The van der Waals surface area contributed by atoms with E-state index in [0.717, 1.165) is 12.1 Å². The van der Waals surface area contributed by atoms with Gasteiger partial charge in [0.25, 0.3) is 0 Å². The van der Waals surface area contributed by atoms with Gasteiger partial charge in [0.15, 0.2) is 5.69 Å². The zero-order valence-electron chi connectivity index (χ0n) is 12.2. The van der Waals surface area contributed by atoms with Crippen molar-refractivity contribution in [2.24, 2.45) is 0 Å². The third-order valence-electron chi connectivity index (χ3n) is 3.17. The Morgan fingerprint density at radius 2 is 1.85 bits per heavy atom. The third-order valence-corrected chi connectivity index (χ3v) is 3.17. The summed E-state index contributed by atoms with van der Waals surface area (Å²) in [7, 11) is 0. The number of rotatable bonds is 3. The molecule has 106 valence electrons. The Labute approximate surface area is 118 Å². The molecule has 1 aromatic carbocycles. The maximum Gasteiger partial charge on any atom is 0.358 e. The van der Waals surface area contributed by atoms with Crippen LogP contribution in [0, 0.1) is 0 Å². The van der Waals surface area contributed by atoms with Crippen LogP contribution in [0.3, 0.4) is 0 Å². The molecule has 2 rings (SSSR count). The molecule has 2 aromatic rings. The van der Waals surface area contributed by atoms with Crippen molar-refractivity contribution >= 4 is 5.97 Å². The van der Waals surface area contributed by atoms with Gasteiger partial charge in [0.2, 0.25) is 0 Å². The molecule has 5 nitrogen and oxygen atoms in total. The number of aryl methyl sites for hydroxylation is 1. The fraction of sp³-hybridized carbons (Fsp3) is 0.400. The molecule has 0 saturated carbocycles. The highest BCUT2D eigenvalue weighted by molar-refractivity contribution is 5.87. The van der Waals surface area contributed by atoms with Crippen LogP contribution in [0.5, 0.6) is 0 Å². The van der Waals surface area contributed by atoms with Gasteiger partial charge in [-0.1, -0.05) is 45.0 Å². The topological polar surface area (TPSA) is 68.0 Å². The molecule has 0 unspecified atom stereocenters. The number of hydrogen-bond acceptors (Lipinski definition) is 3. The van der Waals surface area contributed by atoms with E-state index >= 15 is 0 Å². The zero-order chi connectivity index (χ0) is 14.9. The van der Waals surface area contributed by atoms with Crippen LogP contribution in [-0.4, -0.2) is 26.1 Å². The van der Waals surface area contributed by atoms with Gasteiger partial charge in [-0.05, 0) is 24.1 Å². The molecule has 0 aliphatic carbocycles. The molecular formula is C15H19N3O2. The molecule has 0 spiro atoms. The maximum atomic E-state index is 11.3. The molecular weight excluding hydrogens is 254 g/mol. The van der Waals surface area contributed by atoms with E-state index in [-0.39, 0.29) is 11.1 Å². The summed E-state index contributed by atoms with van der Waals surface area (Å²) in [4.78, 5) is 11.3. The molecule has 0 aliphatic rings. The van der Waals surface area contributed by atoms with Crippen molar-refractivity contribution in [1.82, 2.24) is 15.0 Å². The lowest BCUT2D eigenvalue weighted by Gasteiger charge is -2.20. The Bertz CT molecular complexity index is 622. The first-order chi connectivity index (χ1) is 9.34. The number of carboxylic acid groups (broad SMARTS) is 1. The van der Waals surface area contributed by atoms with Gasteiger partial charge in [0.05, 0.1) is 11.4 Å². The number of benzene rings is 1. The predicted molar refractivity (Wildman–Crippen MR) is 76.4 cm³/mol. The van der Waals surface area contributed by atoms with E-state index in [1.807, 2.05) is 45.0 Å². The second-order valence-corrected chi connectivity index (χ2v) is 5.77. The highest BCUT2D eigenvalue weighted by atomic mass is 16.4. The van der Waals surface area contributed by atoms with Crippen LogP contribution < -0.4 is 0 Å². The number of hydrogen-bond donors (Lipinski definition) is 1. The van der Waals surface area contributed by atoms with E-state index < -0.39 is 5.97 Å². The van der Waals surface area contributed by atoms with Crippen molar-refractivity contribution < 1.29 is 9.90 Å². The quantitative estimate of drug-likeness (QED) is 0.933. The minimum absolute atomic E-state index is 0.0112. The molecule has 0 bridgehead atoms. The summed E-state index contributed by atoms with van der Waals surface area (Å²) >= 11 is 0. The summed E-state index contributed by atoms with van der Waals surface area (Å²) in [6.07, 6.45) is 0.962. The minimum atomic E-state index is -1.05. The molecule has 0 radical (unpaired) electrons. The van der Waals surface area contributed by atoms with Gasteiger partial charge in [-0.25, -0.2) is 9.48 Å². The number of aromatic nitrogens is 3. The summed E-state index contributed by atoms with van der Waals surface area (Å²) in [5.41, 5.74) is 2.31. The Morgan fingerprint density at radius 3 is 2.30 bits per heavy atom. The first-order valence-electron chi connectivity index (χ1n) is 6.63. The standard InChI is InChI=1S/C15H19N3O2/c1-5-10-6-8-11(9-7-10)18-13(15(2,3)4)12(14(19)20)16-17-18/h6-9H,5H2,1-4H3,(H,19,20). The van der Waals surface area contributed by atoms with Crippen molar-refractivity contribution in [3.63, 3.8) is 0 Å². The maximum absolute atomic E-state index is 11.3. The Hall–Kier alpha value is -2.17. The summed E-state index contributed by atoms with van der Waals surface area (Å²) < 4.78 is 1.61. The molecule has 0 saturated heterocycles. The fourth-order valence-corrected chi connectivity index (χ4v) is 2.15. The van der Waals surface area contributed by atoms with Crippen LogP contribution in [0.1, 0.15) is 49.4 Å². The van der Waals surface area contributed by atoms with Crippen molar-refractivity contribution in [3.05, 3.63) is 41.2 Å². The Balaban J connectivity index is 2.59. The van der Waals surface area contributed by atoms with Gasteiger partial charge in [0.1, 0.15) is 0 Å². The van der Waals surface area contributed by atoms with E-state index in [1.54, 1.807) is 4.68 Å². The van der Waals surface area contributed by atoms with E-state index in [0.29, 0.717) is 5.69 Å². The smallest absolute Gasteiger partial charge is 0.358 e. The van der Waals surface area contributed by atoms with Crippen LogP contribution in [0.4, 0.5) is 0 Å². The first-order valence-corrected chi connectivity index (χ1v) is 6.63. The molecule has 0 amide bonds. The number of aromatic carboxylic acids is 1. The van der Waals surface area contributed by atoms with Crippen LogP contribution in [0.25, 0.3) is 5.69 Å². The van der Waals surface area contributed by atoms with Gasteiger partial charge in [-0.3, -0.25) is 0 Å². The van der Waals surface area contributed by atoms with Crippen LogP contribution in [0.15, 0.2) is 24.3 Å². The molecule has 1 aromatic heterocycles. The molecule has 0 atom stereocenters. The number of nitrogens with zero attached hydrogens (tertiary/aromatic N) is 3. The monoisotopic (exact) mass is 273 g/mol. The Kier molecular flexibility index (Phi) is 3.61. The van der Waals surface area contributed by atoms with Gasteiger partial charge in [0, 0.05) is 5.41 Å². The van der Waals surface area contributed by atoms with Crippen molar-refractivity contribution in [3.8, 4) is 5.69 Å². The second-order valence-electron chi connectivity index (χ2n) is 5.77. The van der Waals surface area contributed by atoms with Gasteiger partial charge >= 0.3 is 5.97 Å². The van der Waals surface area contributed by atoms with Crippen LogP contribution in [-0.2, 0) is 11.8 Å². The largest absolute Gasteiger partial charge is 0.476 e. The van der Waals surface area contributed by atoms with E-state index in [2.05, 4.69) is 17.2 Å². The number of carboxylic acids is 1. The molecule has 1 N–H and O–H groups in total. The zero-order valence-corrected chi connectivity index (χ0v) is 12.2. The molecule has 0 aliphatic heterocycles. The average molecular weight is 273 g/mol. The molecule has 0 fully saturated rings. The van der Waals surface area contributed by atoms with Crippen LogP contribution in [0.2, 0.25) is 0 Å². The van der Waals surface area contributed by atoms with Gasteiger partial charge in [-0.2, -0.15) is 0 Å². The fourth-order valence-electron chi connectivity index (χ4n) is 2.15. The summed E-state index contributed by atoms with van der Waals surface area (Å²) in [5, 5.41) is 17.1. The van der Waals surface area contributed by atoms with E-state index in [1.165, 1.54) is 5.56 Å². The summed E-state index contributed by atoms with van der Waals surface area (Å²) in [6, 6.07) is 7.91. The lowest BCUT2D eigenvalue weighted by atomic mass is 9.90. The first kappa shape index (κ1) is 14.2. The second kappa shape index (κ2) is 5.07. The van der Waals surface area contributed by atoms with Crippen molar-refractivity contribution in [2.45, 2.75) is 39.5 Å². The van der Waals surface area contributed by atoms with Crippen molar-refractivity contribution in [2.75, 3.05) is 0 Å². The SMILES string of the molecule is CCc1ccc(-n2nnc(C(=O)O)c2C(C)(C)C)cc1. The summed E-state index contributed by atoms with van der Waals surface area (Å²) in [6.45, 7) is 7.95. The molecule has 1 heterocycles. The number of carbonyl (C=O) groups is 1.